The predicted molar refractivity (Wildman–Crippen MR) is 112 cm³/mol. The summed E-state index contributed by atoms with van der Waals surface area (Å²) in [6, 6.07) is 8.31. The van der Waals surface area contributed by atoms with E-state index in [1.807, 2.05) is 13.0 Å². The van der Waals surface area contributed by atoms with Crippen molar-refractivity contribution in [3.63, 3.8) is 0 Å². The molecule has 1 atom stereocenters. The smallest absolute Gasteiger partial charge is 0.240 e. The molecule has 1 aromatic heterocycles. The summed E-state index contributed by atoms with van der Waals surface area (Å²) in [5.41, 5.74) is 1.58. The molecule has 0 bridgehead atoms. The minimum absolute atomic E-state index is 0. The molecular weight excluding hydrogens is 363 g/mol. The van der Waals surface area contributed by atoms with Gasteiger partial charge in [-0.1, -0.05) is 19.1 Å². The molecular formula is C12H23NOS5Si. The van der Waals surface area contributed by atoms with Crippen LogP contribution in [0.2, 0.25) is 0 Å². The average Bonchev–Trinajstić information content (AvgIpc) is 2.73. The Bertz CT molecular complexity index is 435. The lowest BCUT2D eigenvalue weighted by molar-refractivity contribution is 0.352. The number of para-hydroxylation sites is 1. The summed E-state index contributed by atoms with van der Waals surface area (Å²) >= 11 is 1.80. The van der Waals surface area contributed by atoms with Gasteiger partial charge in [0.15, 0.2) is 0 Å². The fraction of sp³-hybridized carbons (Fsp3) is 0.417. The number of hydrogen-bond donors (Lipinski definition) is 0. The summed E-state index contributed by atoms with van der Waals surface area (Å²) in [5, 5.41) is 1.22. The van der Waals surface area contributed by atoms with Gasteiger partial charge in [0.25, 0.3) is 0 Å². The summed E-state index contributed by atoms with van der Waals surface area (Å²) in [6.07, 6.45) is 1.10. The standard InChI is InChI=1S/C12H15NOSSi.4H2S/c1-3-11(16-14-4-2)12-13-9-7-5-6-8-10(9)15-12;;;;/h5-8,11H,3-4H2,1-2H3;4*1H2. The maximum Gasteiger partial charge on any atom is 0.240 e. The zero-order chi connectivity index (χ0) is 11.4. The molecule has 1 unspecified atom stereocenters. The summed E-state index contributed by atoms with van der Waals surface area (Å²) in [7, 11) is 0.533. The fourth-order valence-electron chi connectivity index (χ4n) is 1.53. The number of fused-ring (bicyclic) bond motifs is 1. The summed E-state index contributed by atoms with van der Waals surface area (Å²) in [5.74, 6) is 0. The second-order valence-electron chi connectivity index (χ2n) is 3.53. The first kappa shape index (κ1) is 25.6. The topological polar surface area (TPSA) is 22.1 Å². The van der Waals surface area contributed by atoms with Gasteiger partial charge >= 0.3 is 0 Å². The molecule has 2 radical (unpaired) electrons. The molecule has 0 N–H and O–H groups in total. The van der Waals surface area contributed by atoms with Crippen molar-refractivity contribution in [3.8, 4) is 0 Å². The lowest BCUT2D eigenvalue weighted by Gasteiger charge is -2.08. The Morgan fingerprint density at radius 2 is 1.80 bits per heavy atom. The van der Waals surface area contributed by atoms with E-state index in [1.165, 1.54) is 9.71 Å². The highest BCUT2D eigenvalue weighted by Gasteiger charge is 2.16. The van der Waals surface area contributed by atoms with Crippen LogP contribution >= 0.6 is 65.3 Å². The van der Waals surface area contributed by atoms with Crippen LogP contribution in [0.15, 0.2) is 24.3 Å². The van der Waals surface area contributed by atoms with E-state index in [-0.39, 0.29) is 54.0 Å². The van der Waals surface area contributed by atoms with Crippen LogP contribution in [0, 0.1) is 0 Å². The Morgan fingerprint density at radius 3 is 2.35 bits per heavy atom. The summed E-state index contributed by atoms with van der Waals surface area (Å²) < 4.78 is 6.81. The third kappa shape index (κ3) is 6.63. The number of aromatic nitrogens is 1. The van der Waals surface area contributed by atoms with Gasteiger partial charge in [0, 0.05) is 12.1 Å². The SMILES string of the molecule is CCO[Si]C(CC)c1nc2ccccc2s1.S.S.S.S. The lowest BCUT2D eigenvalue weighted by Crippen LogP contribution is -2.10. The second kappa shape index (κ2) is 13.4. The molecule has 1 heterocycles. The van der Waals surface area contributed by atoms with Crippen LogP contribution in [0.3, 0.4) is 0 Å². The number of nitrogens with zero attached hydrogens (tertiary/aromatic N) is 1. The van der Waals surface area contributed by atoms with Gasteiger partial charge in [-0.2, -0.15) is 54.0 Å². The van der Waals surface area contributed by atoms with Gasteiger partial charge in [-0.25, -0.2) is 4.98 Å². The van der Waals surface area contributed by atoms with E-state index in [1.54, 1.807) is 11.3 Å². The Labute approximate surface area is 155 Å². The molecule has 116 valence electrons. The van der Waals surface area contributed by atoms with Crippen molar-refractivity contribution in [2.75, 3.05) is 6.61 Å². The van der Waals surface area contributed by atoms with Gasteiger partial charge < -0.3 is 4.43 Å². The summed E-state index contributed by atoms with van der Waals surface area (Å²) in [4.78, 5) is 4.68. The molecule has 2 nitrogen and oxygen atoms in total. The lowest BCUT2D eigenvalue weighted by atomic mass is 10.3. The van der Waals surface area contributed by atoms with Crippen LogP contribution in [0.5, 0.6) is 0 Å². The third-order valence-corrected chi connectivity index (χ3v) is 5.17. The minimum Gasteiger partial charge on any atom is -0.417 e. The molecule has 8 heteroatoms. The first-order valence-corrected chi connectivity index (χ1v) is 7.38. The number of hydrogen-bond acceptors (Lipinski definition) is 3. The second-order valence-corrected chi connectivity index (χ2v) is 5.82. The number of benzene rings is 1. The molecule has 0 saturated heterocycles. The molecule has 20 heavy (non-hydrogen) atoms. The molecule has 0 fully saturated rings. The van der Waals surface area contributed by atoms with Gasteiger partial charge in [0.1, 0.15) is 0 Å². The first-order valence-electron chi connectivity index (χ1n) is 5.58. The van der Waals surface area contributed by atoms with Gasteiger partial charge in [0.05, 0.1) is 15.2 Å². The van der Waals surface area contributed by atoms with Crippen molar-refractivity contribution < 1.29 is 4.43 Å². The first-order chi connectivity index (χ1) is 7.85. The van der Waals surface area contributed by atoms with Crippen molar-refractivity contribution in [3.05, 3.63) is 29.3 Å². The fourth-order valence-corrected chi connectivity index (χ4v) is 3.60. The van der Waals surface area contributed by atoms with Crippen LogP contribution in [0.4, 0.5) is 0 Å². The van der Waals surface area contributed by atoms with Gasteiger partial charge in [-0.15, -0.1) is 11.3 Å². The van der Waals surface area contributed by atoms with Crippen LogP contribution in [0.1, 0.15) is 30.8 Å². The monoisotopic (exact) mass is 385 g/mol. The van der Waals surface area contributed by atoms with E-state index in [9.17, 15) is 0 Å². The number of rotatable bonds is 5. The highest BCUT2D eigenvalue weighted by atomic mass is 32.1. The molecule has 0 aliphatic heterocycles. The van der Waals surface area contributed by atoms with Crippen molar-refractivity contribution >= 4 is 85.3 Å². The molecule has 1 aromatic carbocycles. The van der Waals surface area contributed by atoms with Crippen LogP contribution in [0.25, 0.3) is 10.2 Å². The van der Waals surface area contributed by atoms with E-state index in [0.29, 0.717) is 15.3 Å². The van der Waals surface area contributed by atoms with Crippen LogP contribution < -0.4 is 0 Å². The maximum absolute atomic E-state index is 5.53. The molecule has 0 aliphatic rings. The average molecular weight is 386 g/mol. The van der Waals surface area contributed by atoms with Crippen molar-refractivity contribution in [1.82, 2.24) is 4.98 Å². The molecule has 0 aliphatic carbocycles. The normalized spacial score (nSPS) is 10.5. The predicted octanol–water partition coefficient (Wildman–Crippen LogP) is 3.85. The Balaban J connectivity index is -0.000000722. The Hall–Kier alpha value is 0.687. The number of thiazole rings is 1. The highest BCUT2D eigenvalue weighted by Crippen LogP contribution is 2.28. The molecule has 0 saturated carbocycles. The van der Waals surface area contributed by atoms with Crippen molar-refractivity contribution in [1.29, 1.82) is 0 Å². The van der Waals surface area contributed by atoms with Crippen molar-refractivity contribution in [2.24, 2.45) is 0 Å². The Morgan fingerprint density at radius 1 is 1.15 bits per heavy atom. The molecule has 2 aromatic rings. The van der Waals surface area contributed by atoms with E-state index in [4.69, 9.17) is 4.43 Å². The molecule has 2 rings (SSSR count). The van der Waals surface area contributed by atoms with E-state index in [0.717, 1.165) is 18.5 Å². The zero-order valence-electron chi connectivity index (χ0n) is 11.6. The van der Waals surface area contributed by atoms with E-state index >= 15 is 0 Å². The van der Waals surface area contributed by atoms with Gasteiger partial charge in [0.2, 0.25) is 9.76 Å². The van der Waals surface area contributed by atoms with Crippen LogP contribution in [-0.2, 0) is 4.43 Å². The van der Waals surface area contributed by atoms with Gasteiger partial charge in [-0.3, -0.25) is 0 Å². The Kier molecular flexibility index (Phi) is 17.1. The van der Waals surface area contributed by atoms with E-state index in [2.05, 4.69) is 30.1 Å². The van der Waals surface area contributed by atoms with E-state index < -0.39 is 0 Å². The highest BCUT2D eigenvalue weighted by molar-refractivity contribution is 7.59. The largest absolute Gasteiger partial charge is 0.417 e. The minimum atomic E-state index is 0. The maximum atomic E-state index is 5.53. The van der Waals surface area contributed by atoms with Crippen molar-refractivity contribution in [2.45, 2.75) is 25.8 Å². The zero-order valence-corrected chi connectivity index (χ0v) is 17.4. The van der Waals surface area contributed by atoms with Gasteiger partial charge in [-0.05, 0) is 25.5 Å². The molecule has 0 amide bonds. The quantitative estimate of drug-likeness (QED) is 0.729. The van der Waals surface area contributed by atoms with Crippen LogP contribution in [-0.4, -0.2) is 21.4 Å². The molecule has 0 spiro atoms. The summed E-state index contributed by atoms with van der Waals surface area (Å²) in [6.45, 7) is 5.03. The third-order valence-electron chi connectivity index (χ3n) is 2.39.